The molecule has 3 nitrogen and oxygen atoms in total. The van der Waals surface area contributed by atoms with Crippen LogP contribution in [0.25, 0.3) is 0 Å². The van der Waals surface area contributed by atoms with Crippen LogP contribution in [-0.2, 0) is 36.3 Å². The monoisotopic (exact) mass is 420 g/mol. The largest absolute Gasteiger partial charge is 0.329 e. The Morgan fingerprint density at radius 2 is 1.19 bits per heavy atom. The zero-order valence-corrected chi connectivity index (χ0v) is 19.6. The van der Waals surface area contributed by atoms with E-state index in [1.165, 1.54) is 38.5 Å². The molecule has 0 saturated heterocycles. The molecule has 0 aliphatic heterocycles. The van der Waals surface area contributed by atoms with E-state index in [-0.39, 0.29) is 27.3 Å². The van der Waals surface area contributed by atoms with Crippen LogP contribution in [0.1, 0.15) is 79.1 Å². The summed E-state index contributed by atoms with van der Waals surface area (Å²) >= 11 is 0. The van der Waals surface area contributed by atoms with Crippen LogP contribution >= 0.6 is 8.60 Å². The molecule has 2 unspecified atom stereocenters. The first-order chi connectivity index (χ1) is 9.67. The minimum atomic E-state index is -1.69. The molecule has 5 heteroatoms. The minimum Gasteiger partial charge on any atom is -0.328 e. The molecule has 0 radical (unpaired) electrons. The van der Waals surface area contributed by atoms with Crippen molar-refractivity contribution in [1.82, 2.24) is 0 Å². The number of hydrogen-bond donors (Lipinski definition) is 1. The maximum atomic E-state index is 9.81. The van der Waals surface area contributed by atoms with Crippen LogP contribution in [0.2, 0.25) is 0 Å². The van der Waals surface area contributed by atoms with Crippen LogP contribution in [-0.4, -0.2) is 18.1 Å². The van der Waals surface area contributed by atoms with Gasteiger partial charge in [-0.1, -0.05) is 66.2 Å². The normalized spacial score (nSPS) is 15.3. The number of hydrogen-bond acceptors (Lipinski definition) is 3. The van der Waals surface area contributed by atoms with Gasteiger partial charge in [0.25, 0.3) is 0 Å². The summed E-state index contributed by atoms with van der Waals surface area (Å²) in [4.78, 5) is 9.81. The molecule has 0 bridgehead atoms. The van der Waals surface area contributed by atoms with Crippen molar-refractivity contribution < 1.29 is 41.2 Å². The Morgan fingerprint density at radius 1 is 0.810 bits per heavy atom. The Morgan fingerprint density at radius 3 is 1.48 bits per heavy atom. The van der Waals surface area contributed by atoms with Crippen molar-refractivity contribution >= 4 is 8.60 Å². The van der Waals surface area contributed by atoms with Gasteiger partial charge < -0.3 is 13.9 Å². The quantitative estimate of drug-likeness (QED) is 0.292. The molecule has 0 aromatic carbocycles. The summed E-state index contributed by atoms with van der Waals surface area (Å²) < 4.78 is 11.0. The summed E-state index contributed by atoms with van der Waals surface area (Å²) in [7, 11) is -1.69. The van der Waals surface area contributed by atoms with Gasteiger partial charge in [-0.15, -0.1) is 0 Å². The predicted octanol–water partition coefficient (Wildman–Crippen LogP) is 5.67. The first kappa shape index (κ1) is 24.5. The van der Waals surface area contributed by atoms with Crippen LogP contribution in [0, 0.1) is 11.8 Å². The van der Waals surface area contributed by atoms with Gasteiger partial charge >= 0.3 is 8.60 Å². The van der Waals surface area contributed by atoms with Gasteiger partial charge in [0.2, 0.25) is 0 Å². The van der Waals surface area contributed by atoms with E-state index in [4.69, 9.17) is 9.05 Å². The van der Waals surface area contributed by atoms with Gasteiger partial charge in [0.05, 0.1) is 13.2 Å². The van der Waals surface area contributed by atoms with Crippen molar-refractivity contribution in [3.63, 3.8) is 0 Å². The molecule has 0 saturated carbocycles. The van der Waals surface area contributed by atoms with Crippen molar-refractivity contribution in [3.8, 4) is 0 Å². The molecule has 1 N–H and O–H groups in total. The van der Waals surface area contributed by atoms with Gasteiger partial charge in [-0.05, 0) is 24.7 Å². The van der Waals surface area contributed by atoms with E-state index in [9.17, 15) is 4.89 Å². The second kappa shape index (κ2) is 17.6. The van der Waals surface area contributed by atoms with Gasteiger partial charge in [0.1, 0.15) is 0 Å². The topological polar surface area (TPSA) is 38.7 Å². The Hall–Kier alpha value is 1.23. The fraction of sp³-hybridized carbons (Fsp3) is 1.00. The zero-order valence-electron chi connectivity index (χ0n) is 14.6. The molecule has 0 heterocycles. The third-order valence-electron chi connectivity index (χ3n) is 3.93. The summed E-state index contributed by atoms with van der Waals surface area (Å²) in [6, 6.07) is 0. The van der Waals surface area contributed by atoms with Gasteiger partial charge in [-0.2, -0.15) is 0 Å². The van der Waals surface area contributed by atoms with Gasteiger partial charge in [0, 0.05) is 27.3 Å². The van der Waals surface area contributed by atoms with Crippen LogP contribution in [0.4, 0.5) is 0 Å². The van der Waals surface area contributed by atoms with E-state index < -0.39 is 8.60 Å². The number of rotatable bonds is 14. The molecule has 0 aromatic heterocycles. The van der Waals surface area contributed by atoms with E-state index in [0.717, 1.165) is 12.8 Å². The molecule has 21 heavy (non-hydrogen) atoms. The third kappa shape index (κ3) is 14.6. The van der Waals surface area contributed by atoms with Crippen LogP contribution in [0.3, 0.4) is 0 Å². The second-order valence-corrected chi connectivity index (χ2v) is 6.65. The SMILES string of the molecule is CCCCC(CC)COP(O)OCC(CC)CCCC.[Cd]. The molecule has 2 atom stereocenters. The van der Waals surface area contributed by atoms with Crippen LogP contribution in [0.5, 0.6) is 0 Å². The Balaban J connectivity index is 0. The Kier molecular flexibility index (Phi) is 20.5. The van der Waals surface area contributed by atoms with E-state index in [1.54, 1.807) is 0 Å². The zero-order chi connectivity index (χ0) is 15.2. The molecule has 0 aliphatic rings. The fourth-order valence-corrected chi connectivity index (χ4v) is 2.92. The van der Waals surface area contributed by atoms with Crippen molar-refractivity contribution in [2.75, 3.05) is 13.2 Å². The van der Waals surface area contributed by atoms with Crippen LogP contribution < -0.4 is 0 Å². The molecular formula is C16H35CdO3P. The molecule has 0 aromatic rings. The van der Waals surface area contributed by atoms with E-state index in [1.807, 2.05) is 0 Å². The molecule has 0 spiro atoms. The summed E-state index contributed by atoms with van der Waals surface area (Å²) in [6.45, 7) is 10.0. The third-order valence-corrected chi connectivity index (χ3v) is 4.67. The van der Waals surface area contributed by atoms with Gasteiger partial charge in [-0.25, -0.2) is 0 Å². The number of unbranched alkanes of at least 4 members (excludes halogenated alkanes) is 2. The smallest absolute Gasteiger partial charge is 0.328 e. The first-order valence-electron chi connectivity index (χ1n) is 8.42. The van der Waals surface area contributed by atoms with Crippen molar-refractivity contribution in [2.24, 2.45) is 11.8 Å². The van der Waals surface area contributed by atoms with Gasteiger partial charge in [-0.3, -0.25) is 0 Å². The molecule has 124 valence electrons. The standard InChI is InChI=1S/C16H35O3P.Cd/c1-5-9-11-15(7-3)13-18-20(17)19-14-16(8-4)12-10-6-2;/h15-17H,5-14H2,1-4H3;. The Bertz CT molecular complexity index is 188. The van der Waals surface area contributed by atoms with Crippen molar-refractivity contribution in [2.45, 2.75) is 79.1 Å². The molecule has 0 amide bonds. The molecular weight excluding hydrogens is 384 g/mol. The molecule has 0 rings (SSSR count). The van der Waals surface area contributed by atoms with Gasteiger partial charge in [0.15, 0.2) is 0 Å². The summed E-state index contributed by atoms with van der Waals surface area (Å²) in [5, 5.41) is 0. The Labute approximate surface area is 153 Å². The summed E-state index contributed by atoms with van der Waals surface area (Å²) in [5.41, 5.74) is 0. The predicted molar refractivity (Wildman–Crippen MR) is 87.7 cm³/mol. The molecule has 0 aliphatic carbocycles. The van der Waals surface area contributed by atoms with E-state index in [0.29, 0.717) is 25.0 Å². The summed E-state index contributed by atoms with van der Waals surface area (Å²) in [5.74, 6) is 1.11. The fourth-order valence-electron chi connectivity index (χ4n) is 2.17. The maximum Gasteiger partial charge on any atom is 0.329 e. The minimum absolute atomic E-state index is 0. The van der Waals surface area contributed by atoms with Crippen molar-refractivity contribution in [3.05, 3.63) is 0 Å². The van der Waals surface area contributed by atoms with E-state index >= 15 is 0 Å². The van der Waals surface area contributed by atoms with Crippen molar-refractivity contribution in [1.29, 1.82) is 0 Å². The molecule has 0 fully saturated rings. The average molecular weight is 419 g/mol. The van der Waals surface area contributed by atoms with E-state index in [2.05, 4.69) is 27.7 Å². The summed E-state index contributed by atoms with van der Waals surface area (Å²) in [6.07, 6.45) is 9.50. The first-order valence-corrected chi connectivity index (χ1v) is 9.55. The maximum absolute atomic E-state index is 9.81. The van der Waals surface area contributed by atoms with Crippen LogP contribution in [0.15, 0.2) is 0 Å². The second-order valence-electron chi connectivity index (χ2n) is 5.66. The average Bonchev–Trinajstić information content (AvgIpc) is 2.47.